The lowest BCUT2D eigenvalue weighted by Gasteiger charge is -2.25. The summed E-state index contributed by atoms with van der Waals surface area (Å²) >= 11 is 0. The van der Waals surface area contributed by atoms with Gasteiger partial charge in [0.15, 0.2) is 0 Å². The highest BCUT2D eigenvalue weighted by atomic mass is 16.4. The van der Waals surface area contributed by atoms with Crippen LogP contribution in [-0.4, -0.2) is 27.5 Å². The molecule has 1 aromatic rings. The molecule has 0 bridgehead atoms. The molecule has 19 heavy (non-hydrogen) atoms. The van der Waals surface area contributed by atoms with Crippen LogP contribution in [0.25, 0.3) is 0 Å². The molecule has 5 nitrogen and oxygen atoms in total. The third-order valence-corrected chi connectivity index (χ3v) is 4.00. The number of aromatic carboxylic acids is 1. The molecule has 2 rings (SSSR count). The second kappa shape index (κ2) is 4.72. The summed E-state index contributed by atoms with van der Waals surface area (Å²) in [6.07, 6.45) is 4.21. The molecule has 0 aromatic carbocycles. The van der Waals surface area contributed by atoms with Crippen molar-refractivity contribution in [3.05, 3.63) is 22.5 Å². The molecule has 1 aromatic heterocycles. The number of carbonyl (C=O) groups excluding carboxylic acids is 1. The Hall–Kier alpha value is -1.78. The predicted octanol–water partition coefficient (Wildman–Crippen LogP) is 2.39. The van der Waals surface area contributed by atoms with E-state index in [4.69, 9.17) is 5.11 Å². The zero-order valence-corrected chi connectivity index (χ0v) is 11.6. The van der Waals surface area contributed by atoms with E-state index in [9.17, 15) is 9.59 Å². The minimum Gasteiger partial charge on any atom is -0.477 e. The molecule has 1 fully saturated rings. The van der Waals surface area contributed by atoms with Gasteiger partial charge >= 0.3 is 5.97 Å². The molecule has 104 valence electrons. The van der Waals surface area contributed by atoms with E-state index in [0.29, 0.717) is 16.8 Å². The number of aromatic nitrogens is 1. The summed E-state index contributed by atoms with van der Waals surface area (Å²) in [5, 5.41) is 12.1. The first kappa shape index (κ1) is 13.6. The molecule has 1 aliphatic rings. The molecule has 0 spiro atoms. The summed E-state index contributed by atoms with van der Waals surface area (Å²) in [6.45, 7) is 5.44. The van der Waals surface area contributed by atoms with Crippen LogP contribution >= 0.6 is 0 Å². The van der Waals surface area contributed by atoms with E-state index < -0.39 is 5.97 Å². The molecular formula is C14H20N2O3. The van der Waals surface area contributed by atoms with Crippen molar-refractivity contribution in [3.8, 4) is 0 Å². The van der Waals surface area contributed by atoms with E-state index >= 15 is 0 Å². The molecule has 3 N–H and O–H groups in total. The van der Waals surface area contributed by atoms with Crippen molar-refractivity contribution in [2.24, 2.45) is 0 Å². The quantitative estimate of drug-likeness (QED) is 0.784. The fraction of sp³-hybridized carbons (Fsp3) is 0.571. The maximum Gasteiger partial charge on any atom is 0.352 e. The number of carbonyl (C=O) groups is 2. The van der Waals surface area contributed by atoms with Gasteiger partial charge in [0.25, 0.3) is 5.91 Å². The van der Waals surface area contributed by atoms with Crippen LogP contribution < -0.4 is 5.32 Å². The number of aromatic amines is 1. The fourth-order valence-electron chi connectivity index (χ4n) is 2.92. The maximum atomic E-state index is 12.4. The van der Waals surface area contributed by atoms with Gasteiger partial charge in [-0.3, -0.25) is 4.79 Å². The van der Waals surface area contributed by atoms with Crippen LogP contribution in [0.5, 0.6) is 0 Å². The van der Waals surface area contributed by atoms with Crippen LogP contribution in [0.4, 0.5) is 0 Å². The van der Waals surface area contributed by atoms with E-state index in [0.717, 1.165) is 25.7 Å². The van der Waals surface area contributed by atoms with Crippen molar-refractivity contribution >= 4 is 11.9 Å². The van der Waals surface area contributed by atoms with Gasteiger partial charge in [0.2, 0.25) is 0 Å². The van der Waals surface area contributed by atoms with E-state index in [1.54, 1.807) is 13.8 Å². The molecule has 0 saturated heterocycles. The van der Waals surface area contributed by atoms with E-state index in [-0.39, 0.29) is 17.1 Å². The zero-order chi connectivity index (χ0) is 14.2. The Morgan fingerprint density at radius 2 is 1.84 bits per heavy atom. The van der Waals surface area contributed by atoms with Gasteiger partial charge in [0.05, 0.1) is 5.56 Å². The summed E-state index contributed by atoms with van der Waals surface area (Å²) in [4.78, 5) is 26.2. The largest absolute Gasteiger partial charge is 0.477 e. The first-order valence-electron chi connectivity index (χ1n) is 6.59. The summed E-state index contributed by atoms with van der Waals surface area (Å²) < 4.78 is 0. The topological polar surface area (TPSA) is 82.2 Å². The molecule has 0 aliphatic heterocycles. The second-order valence-electron chi connectivity index (χ2n) is 5.65. The summed E-state index contributed by atoms with van der Waals surface area (Å²) in [7, 11) is 0. The number of carboxylic acid groups (broad SMARTS) is 1. The van der Waals surface area contributed by atoms with Gasteiger partial charge in [-0.15, -0.1) is 0 Å². The minimum atomic E-state index is -1.04. The fourth-order valence-corrected chi connectivity index (χ4v) is 2.92. The second-order valence-corrected chi connectivity index (χ2v) is 5.65. The number of hydrogen-bond acceptors (Lipinski definition) is 2. The number of rotatable bonds is 3. The smallest absolute Gasteiger partial charge is 0.352 e. The molecule has 1 aliphatic carbocycles. The van der Waals surface area contributed by atoms with Gasteiger partial charge in [-0.1, -0.05) is 12.8 Å². The zero-order valence-electron chi connectivity index (χ0n) is 11.6. The Morgan fingerprint density at radius 1 is 1.26 bits per heavy atom. The lowest BCUT2D eigenvalue weighted by atomic mass is 9.99. The van der Waals surface area contributed by atoms with E-state index in [2.05, 4.69) is 10.3 Å². The maximum absolute atomic E-state index is 12.4. The Morgan fingerprint density at radius 3 is 2.32 bits per heavy atom. The van der Waals surface area contributed by atoms with Crippen molar-refractivity contribution in [1.82, 2.24) is 10.3 Å². The lowest BCUT2D eigenvalue weighted by molar-refractivity contribution is 0.0690. The molecule has 0 atom stereocenters. The third-order valence-electron chi connectivity index (χ3n) is 4.00. The van der Waals surface area contributed by atoms with Gasteiger partial charge in [-0.2, -0.15) is 0 Å². The summed E-state index contributed by atoms with van der Waals surface area (Å²) in [6, 6.07) is 0. The average molecular weight is 264 g/mol. The van der Waals surface area contributed by atoms with Crippen molar-refractivity contribution in [2.75, 3.05) is 0 Å². The highest BCUT2D eigenvalue weighted by molar-refractivity contribution is 6.01. The molecule has 5 heteroatoms. The van der Waals surface area contributed by atoms with Gasteiger partial charge < -0.3 is 15.4 Å². The third kappa shape index (κ3) is 2.50. The standard InChI is InChI=1S/C14H20N2O3/c1-8-10(9(2)15-11(8)13(18)19)12(17)16-14(3)6-4-5-7-14/h15H,4-7H2,1-3H3,(H,16,17)(H,18,19). The molecule has 1 saturated carbocycles. The van der Waals surface area contributed by atoms with Gasteiger partial charge in [0.1, 0.15) is 5.69 Å². The number of carboxylic acids is 1. The molecule has 1 amide bonds. The highest BCUT2D eigenvalue weighted by Gasteiger charge is 2.32. The van der Waals surface area contributed by atoms with Crippen molar-refractivity contribution in [3.63, 3.8) is 0 Å². The number of hydrogen-bond donors (Lipinski definition) is 3. The average Bonchev–Trinajstić information content (AvgIpc) is 2.83. The van der Waals surface area contributed by atoms with Gasteiger partial charge in [0, 0.05) is 11.2 Å². The van der Waals surface area contributed by atoms with Crippen LogP contribution in [0.15, 0.2) is 0 Å². The van der Waals surface area contributed by atoms with E-state index in [1.807, 2.05) is 6.92 Å². The summed E-state index contributed by atoms with van der Waals surface area (Å²) in [5.74, 6) is -1.21. The van der Waals surface area contributed by atoms with Crippen LogP contribution in [-0.2, 0) is 0 Å². The predicted molar refractivity (Wildman–Crippen MR) is 71.6 cm³/mol. The number of H-pyrrole nitrogens is 1. The van der Waals surface area contributed by atoms with Crippen LogP contribution in [0.2, 0.25) is 0 Å². The molecule has 0 unspecified atom stereocenters. The monoisotopic (exact) mass is 264 g/mol. The Bertz CT molecular complexity index is 525. The van der Waals surface area contributed by atoms with Gasteiger partial charge in [-0.25, -0.2) is 4.79 Å². The van der Waals surface area contributed by atoms with Crippen molar-refractivity contribution < 1.29 is 14.7 Å². The number of amides is 1. The van der Waals surface area contributed by atoms with Crippen molar-refractivity contribution in [2.45, 2.75) is 52.0 Å². The molecular weight excluding hydrogens is 244 g/mol. The Kier molecular flexibility index (Phi) is 3.39. The van der Waals surface area contributed by atoms with Crippen LogP contribution in [0, 0.1) is 13.8 Å². The first-order chi connectivity index (χ1) is 8.84. The van der Waals surface area contributed by atoms with Crippen LogP contribution in [0.3, 0.4) is 0 Å². The van der Waals surface area contributed by atoms with E-state index in [1.165, 1.54) is 0 Å². The van der Waals surface area contributed by atoms with Crippen LogP contribution in [0.1, 0.15) is 64.7 Å². The normalized spacial score (nSPS) is 17.4. The number of aryl methyl sites for hydroxylation is 1. The van der Waals surface area contributed by atoms with Gasteiger partial charge in [-0.05, 0) is 39.2 Å². The first-order valence-corrected chi connectivity index (χ1v) is 6.59. The Labute approximate surface area is 112 Å². The summed E-state index contributed by atoms with van der Waals surface area (Å²) in [5.41, 5.74) is 1.51. The molecule has 1 heterocycles. The van der Waals surface area contributed by atoms with Crippen molar-refractivity contribution in [1.29, 1.82) is 0 Å². The highest BCUT2D eigenvalue weighted by Crippen LogP contribution is 2.30. The SMILES string of the molecule is Cc1[nH]c(C(=O)O)c(C)c1C(=O)NC1(C)CCCC1. The molecule has 0 radical (unpaired) electrons. The lowest BCUT2D eigenvalue weighted by Crippen LogP contribution is -2.43. The Balaban J connectivity index is 2.26. The number of nitrogens with one attached hydrogen (secondary N) is 2. The minimum absolute atomic E-state index is 0.0965.